The van der Waals surface area contributed by atoms with Gasteiger partial charge in [-0.25, -0.2) is 8.42 Å². The van der Waals surface area contributed by atoms with Crippen LogP contribution in [0.3, 0.4) is 0 Å². The van der Waals surface area contributed by atoms with E-state index in [0.717, 1.165) is 6.07 Å². The molecular formula is C24H21N3O12S4. The summed E-state index contributed by atoms with van der Waals surface area (Å²) in [5, 5.41) is 1.09. The Balaban J connectivity index is 1.96. The van der Waals surface area contributed by atoms with Gasteiger partial charge in [-0.1, -0.05) is 12.1 Å². The van der Waals surface area contributed by atoms with Crippen molar-refractivity contribution in [2.75, 3.05) is 15.8 Å². The van der Waals surface area contributed by atoms with E-state index in [0.29, 0.717) is 29.8 Å². The van der Waals surface area contributed by atoms with Crippen molar-refractivity contribution in [3.8, 4) is 0 Å². The molecular weight excluding hydrogens is 651 g/mol. The maximum Gasteiger partial charge on any atom is 0.295 e. The minimum atomic E-state index is -5.36. The maximum absolute atomic E-state index is 13.7. The molecule has 4 aromatic rings. The van der Waals surface area contributed by atoms with E-state index in [2.05, 4.69) is 5.32 Å². The Hall–Kier alpha value is -4.11. The summed E-state index contributed by atoms with van der Waals surface area (Å²) >= 11 is 0. The van der Waals surface area contributed by atoms with E-state index in [1.165, 1.54) is 36.4 Å². The van der Waals surface area contributed by atoms with Crippen molar-refractivity contribution in [1.82, 2.24) is 0 Å². The molecule has 0 aromatic heterocycles. The van der Waals surface area contributed by atoms with Gasteiger partial charge in [0.25, 0.3) is 46.3 Å². The number of aryl methyl sites for hydroxylation is 1. The molecule has 15 nitrogen and oxygen atoms in total. The average Bonchev–Trinajstić information content (AvgIpc) is 2.86. The normalized spacial score (nSPS) is 12.7. The summed E-state index contributed by atoms with van der Waals surface area (Å²) in [7, 11) is -20.5. The lowest BCUT2D eigenvalue weighted by Gasteiger charge is -2.17. The first-order valence-electron chi connectivity index (χ1n) is 11.5. The van der Waals surface area contributed by atoms with Gasteiger partial charge in [0.1, 0.15) is 9.79 Å². The second kappa shape index (κ2) is 10.9. The molecule has 0 atom stereocenters. The molecule has 0 spiro atoms. The van der Waals surface area contributed by atoms with Gasteiger partial charge in [-0.05, 0) is 72.5 Å². The molecule has 0 radical (unpaired) electrons. The third-order valence-electron chi connectivity index (χ3n) is 5.90. The Morgan fingerprint density at radius 2 is 1.30 bits per heavy atom. The van der Waals surface area contributed by atoms with Crippen LogP contribution in [0, 0.1) is 6.92 Å². The Morgan fingerprint density at radius 3 is 1.86 bits per heavy atom. The predicted molar refractivity (Wildman–Crippen MR) is 154 cm³/mol. The molecule has 19 heteroatoms. The molecule has 0 fully saturated rings. The number of nitrogens with one attached hydrogen (secondary N) is 2. The van der Waals surface area contributed by atoms with E-state index in [1.807, 2.05) is 4.72 Å². The fourth-order valence-corrected chi connectivity index (χ4v) is 7.18. The molecule has 0 bridgehead atoms. The summed E-state index contributed by atoms with van der Waals surface area (Å²) in [6.45, 7) is 1.59. The van der Waals surface area contributed by atoms with Gasteiger partial charge >= 0.3 is 0 Å². The summed E-state index contributed by atoms with van der Waals surface area (Å²) in [5.41, 5.74) is 5.46. The van der Waals surface area contributed by atoms with Crippen molar-refractivity contribution >= 4 is 74.1 Å². The van der Waals surface area contributed by atoms with Gasteiger partial charge in [-0.3, -0.25) is 23.2 Å². The van der Waals surface area contributed by atoms with Gasteiger partial charge < -0.3 is 11.1 Å². The lowest BCUT2D eigenvalue weighted by Crippen LogP contribution is -2.19. The number of sulfonamides is 1. The number of hydrogen-bond donors (Lipinski definition) is 6. The van der Waals surface area contributed by atoms with Crippen LogP contribution < -0.4 is 15.8 Å². The van der Waals surface area contributed by atoms with Crippen LogP contribution in [-0.2, 0) is 40.4 Å². The van der Waals surface area contributed by atoms with Crippen LogP contribution in [0.25, 0.3) is 10.8 Å². The quantitative estimate of drug-likeness (QED) is 0.116. The van der Waals surface area contributed by atoms with Gasteiger partial charge in [0.2, 0.25) is 0 Å². The summed E-state index contributed by atoms with van der Waals surface area (Å²) < 4.78 is 130. The van der Waals surface area contributed by atoms with E-state index < -0.39 is 82.3 Å². The van der Waals surface area contributed by atoms with Crippen LogP contribution in [0.4, 0.5) is 17.1 Å². The SMILES string of the molecule is Cc1ccc(S(=O)(=O)Nc2cc(S(=O)(=O)O)cc3cc(S(=O)(=O)O)cc(S(=O)(=O)O)c23)c(NC(=O)c2cccc(N)c2)c1. The first-order chi connectivity index (χ1) is 19.7. The van der Waals surface area contributed by atoms with Gasteiger partial charge in [0.05, 0.1) is 21.2 Å². The average molecular weight is 672 g/mol. The minimum absolute atomic E-state index is 0.0806. The van der Waals surface area contributed by atoms with Crippen molar-refractivity contribution in [3.63, 3.8) is 0 Å². The number of nitrogens with two attached hydrogens (primary N) is 1. The van der Waals surface area contributed by atoms with Gasteiger partial charge in [-0.15, -0.1) is 0 Å². The fraction of sp³-hybridized carbons (Fsp3) is 0.0417. The molecule has 0 aliphatic heterocycles. The highest BCUT2D eigenvalue weighted by Crippen LogP contribution is 2.37. The number of carbonyl (C=O) groups excluding carboxylic acids is 1. The van der Waals surface area contributed by atoms with Crippen molar-refractivity contribution in [2.24, 2.45) is 0 Å². The number of carbonyl (C=O) groups is 1. The van der Waals surface area contributed by atoms with Crippen LogP contribution in [0.5, 0.6) is 0 Å². The van der Waals surface area contributed by atoms with E-state index >= 15 is 0 Å². The summed E-state index contributed by atoms with van der Waals surface area (Å²) in [4.78, 5) is 8.96. The molecule has 0 heterocycles. The second-order valence-electron chi connectivity index (χ2n) is 9.10. The largest absolute Gasteiger partial charge is 0.399 e. The van der Waals surface area contributed by atoms with Crippen LogP contribution in [0.2, 0.25) is 0 Å². The zero-order valence-electron chi connectivity index (χ0n) is 21.6. The van der Waals surface area contributed by atoms with Gasteiger partial charge in [0, 0.05) is 16.6 Å². The highest BCUT2D eigenvalue weighted by atomic mass is 32.2. The number of hydrogen-bond acceptors (Lipinski definition) is 10. The third-order valence-corrected chi connectivity index (χ3v) is 9.86. The zero-order chi connectivity index (χ0) is 32.1. The highest BCUT2D eigenvalue weighted by Gasteiger charge is 2.28. The van der Waals surface area contributed by atoms with Crippen LogP contribution in [0.15, 0.2) is 86.3 Å². The smallest absolute Gasteiger partial charge is 0.295 e. The molecule has 0 unspecified atom stereocenters. The maximum atomic E-state index is 13.7. The first-order valence-corrected chi connectivity index (χ1v) is 17.3. The molecule has 228 valence electrons. The van der Waals surface area contributed by atoms with Crippen LogP contribution >= 0.6 is 0 Å². The molecule has 43 heavy (non-hydrogen) atoms. The molecule has 0 aliphatic carbocycles. The number of fused-ring (bicyclic) bond motifs is 1. The van der Waals surface area contributed by atoms with Crippen molar-refractivity contribution < 1.29 is 52.1 Å². The minimum Gasteiger partial charge on any atom is -0.399 e. The highest BCUT2D eigenvalue weighted by molar-refractivity contribution is 7.93. The topological polar surface area (TPSA) is 264 Å². The number of anilines is 3. The fourth-order valence-electron chi connectivity index (χ4n) is 4.05. The lowest BCUT2D eigenvalue weighted by atomic mass is 10.1. The molecule has 7 N–H and O–H groups in total. The number of benzene rings is 4. The Labute approximate surface area is 245 Å². The Bertz CT molecular complexity index is 2260. The van der Waals surface area contributed by atoms with E-state index in [9.17, 15) is 52.1 Å². The Morgan fingerprint density at radius 1 is 0.698 bits per heavy atom. The number of amides is 1. The predicted octanol–water partition coefficient (Wildman–Crippen LogP) is 2.52. The van der Waals surface area contributed by atoms with Gasteiger partial charge in [0.15, 0.2) is 0 Å². The van der Waals surface area contributed by atoms with E-state index in [1.54, 1.807) is 6.92 Å². The number of nitrogen functional groups attached to an aromatic ring is 1. The summed E-state index contributed by atoms with van der Waals surface area (Å²) in [5.74, 6) is -0.750. The monoisotopic (exact) mass is 671 g/mol. The molecule has 1 amide bonds. The molecule has 0 saturated heterocycles. The standard InChI is InChI=1S/C24H21N3O12S4/c1-13-5-6-21(19(7-13)26-24(28)14-3-2-4-16(25)8-14)40(29,30)27-20-11-17(41(31,32)33)9-15-10-18(42(34,35)36)12-22(23(15)20)43(37,38)39/h2-12,27H,25H2,1H3,(H,26,28)(H,31,32,33)(H,34,35,36)(H,37,38,39). The molecule has 4 aromatic carbocycles. The second-order valence-corrected chi connectivity index (χ2v) is 15.0. The van der Waals surface area contributed by atoms with E-state index in [-0.39, 0.29) is 16.9 Å². The molecule has 0 aliphatic rings. The number of rotatable bonds is 8. The van der Waals surface area contributed by atoms with Crippen molar-refractivity contribution in [3.05, 3.63) is 77.9 Å². The lowest BCUT2D eigenvalue weighted by molar-refractivity contribution is 0.102. The van der Waals surface area contributed by atoms with E-state index in [4.69, 9.17) is 5.73 Å². The first kappa shape index (κ1) is 31.8. The molecule has 0 saturated carbocycles. The Kier molecular flexibility index (Phi) is 8.04. The molecule has 4 rings (SSSR count). The summed E-state index contributed by atoms with van der Waals surface area (Å²) in [6, 6.07) is 11.5. The van der Waals surface area contributed by atoms with Gasteiger partial charge in [-0.2, -0.15) is 25.3 Å². The zero-order valence-corrected chi connectivity index (χ0v) is 24.8. The van der Waals surface area contributed by atoms with Crippen LogP contribution in [0.1, 0.15) is 15.9 Å². The third kappa shape index (κ3) is 6.94. The van der Waals surface area contributed by atoms with Crippen molar-refractivity contribution in [2.45, 2.75) is 26.5 Å². The van der Waals surface area contributed by atoms with Crippen LogP contribution in [-0.4, -0.2) is 53.2 Å². The summed E-state index contributed by atoms with van der Waals surface area (Å²) in [6.07, 6.45) is 0. The van der Waals surface area contributed by atoms with Crippen molar-refractivity contribution in [1.29, 1.82) is 0 Å².